The van der Waals surface area contributed by atoms with Crippen LogP contribution < -0.4 is 4.74 Å². The molecule has 0 aliphatic rings. The van der Waals surface area contributed by atoms with Gasteiger partial charge in [0.2, 0.25) is 5.78 Å². The standard InChI is InChI=1S/C22H22Cl2N2O5S/c1-30-20-6-4-3-5-17(20)21(27)22-25-10-11-26(22)14-16(9-12-31-32(2,28)29)15-7-8-18(23)19(24)13-15/h3-8,10-11,13,16H,9,12,14H2,1-2H3. The van der Waals surface area contributed by atoms with E-state index in [1.54, 1.807) is 53.4 Å². The predicted octanol–water partition coefficient (Wildman–Crippen LogP) is 4.58. The van der Waals surface area contributed by atoms with E-state index in [9.17, 15) is 13.2 Å². The lowest BCUT2D eigenvalue weighted by molar-refractivity contribution is 0.102. The number of methoxy groups -OCH3 is 1. The first kappa shape index (κ1) is 24.3. The highest BCUT2D eigenvalue weighted by molar-refractivity contribution is 7.85. The molecule has 2 aromatic carbocycles. The minimum atomic E-state index is -3.58. The minimum Gasteiger partial charge on any atom is -0.496 e. The molecule has 0 saturated carbocycles. The monoisotopic (exact) mass is 496 g/mol. The zero-order chi connectivity index (χ0) is 23.3. The molecule has 0 spiro atoms. The van der Waals surface area contributed by atoms with Crippen molar-refractivity contribution >= 4 is 39.1 Å². The molecule has 0 aliphatic heterocycles. The van der Waals surface area contributed by atoms with Crippen molar-refractivity contribution < 1.29 is 22.1 Å². The van der Waals surface area contributed by atoms with Crippen molar-refractivity contribution in [3.05, 3.63) is 81.9 Å². The Balaban J connectivity index is 1.90. The van der Waals surface area contributed by atoms with Crippen molar-refractivity contribution in [1.29, 1.82) is 0 Å². The number of imidazole rings is 1. The van der Waals surface area contributed by atoms with Crippen LogP contribution in [0.4, 0.5) is 0 Å². The van der Waals surface area contributed by atoms with Crippen LogP contribution in [0.25, 0.3) is 0 Å². The third kappa shape index (κ3) is 6.10. The number of ketones is 1. The molecular weight excluding hydrogens is 475 g/mol. The Morgan fingerprint density at radius 1 is 1.16 bits per heavy atom. The fraction of sp³-hybridized carbons (Fsp3) is 0.273. The maximum atomic E-state index is 13.2. The van der Waals surface area contributed by atoms with Gasteiger partial charge < -0.3 is 9.30 Å². The zero-order valence-corrected chi connectivity index (χ0v) is 19.8. The van der Waals surface area contributed by atoms with Crippen molar-refractivity contribution in [2.45, 2.75) is 18.9 Å². The van der Waals surface area contributed by atoms with Gasteiger partial charge in [0, 0.05) is 24.9 Å². The lowest BCUT2D eigenvalue weighted by atomic mass is 9.95. The third-order valence-corrected chi connectivity index (χ3v) is 6.20. The average Bonchev–Trinajstić information content (AvgIpc) is 3.21. The van der Waals surface area contributed by atoms with Crippen molar-refractivity contribution in [3.8, 4) is 5.75 Å². The summed E-state index contributed by atoms with van der Waals surface area (Å²) in [6.07, 6.45) is 4.61. The molecule has 3 rings (SSSR count). The van der Waals surface area contributed by atoms with Crippen LogP contribution in [0.15, 0.2) is 54.9 Å². The van der Waals surface area contributed by atoms with Gasteiger partial charge in [-0.3, -0.25) is 8.98 Å². The second-order valence-electron chi connectivity index (χ2n) is 7.12. The molecule has 1 atom stereocenters. The second kappa shape index (κ2) is 10.5. The number of hydrogen-bond acceptors (Lipinski definition) is 6. The second-order valence-corrected chi connectivity index (χ2v) is 9.58. The first-order valence-electron chi connectivity index (χ1n) is 9.68. The number of aromatic nitrogens is 2. The van der Waals surface area contributed by atoms with Gasteiger partial charge >= 0.3 is 0 Å². The number of rotatable bonds is 10. The molecule has 0 bridgehead atoms. The quantitative estimate of drug-likeness (QED) is 0.301. The van der Waals surface area contributed by atoms with Gasteiger partial charge in [0.25, 0.3) is 10.1 Å². The molecule has 0 saturated heterocycles. The Morgan fingerprint density at radius 3 is 2.59 bits per heavy atom. The summed E-state index contributed by atoms with van der Waals surface area (Å²) in [5, 5.41) is 0.797. The number of ether oxygens (including phenoxy) is 1. The van der Waals surface area contributed by atoms with E-state index in [4.69, 9.17) is 32.1 Å². The molecule has 170 valence electrons. The molecule has 32 heavy (non-hydrogen) atoms. The smallest absolute Gasteiger partial charge is 0.264 e. The van der Waals surface area contributed by atoms with Crippen molar-refractivity contribution in [1.82, 2.24) is 9.55 Å². The number of hydrogen-bond donors (Lipinski definition) is 0. The molecule has 0 fully saturated rings. The summed E-state index contributed by atoms with van der Waals surface area (Å²) in [4.78, 5) is 17.4. The summed E-state index contributed by atoms with van der Waals surface area (Å²) in [5.41, 5.74) is 1.23. The number of para-hydroxylation sites is 1. The summed E-state index contributed by atoms with van der Waals surface area (Å²) in [5.74, 6) is 0.191. The average molecular weight is 497 g/mol. The van der Waals surface area contributed by atoms with E-state index in [1.807, 2.05) is 6.07 Å². The predicted molar refractivity (Wildman–Crippen MR) is 123 cm³/mol. The summed E-state index contributed by atoms with van der Waals surface area (Å²) >= 11 is 12.2. The Labute approximate surface area is 197 Å². The first-order chi connectivity index (χ1) is 15.2. The van der Waals surface area contributed by atoms with E-state index in [2.05, 4.69) is 4.98 Å². The van der Waals surface area contributed by atoms with E-state index in [1.165, 1.54) is 7.11 Å². The number of halogens is 2. The highest BCUT2D eigenvalue weighted by atomic mass is 35.5. The Hall–Kier alpha value is -2.39. The summed E-state index contributed by atoms with van der Waals surface area (Å²) in [6.45, 7) is 0.329. The van der Waals surface area contributed by atoms with Gasteiger partial charge in [0.05, 0.1) is 35.6 Å². The van der Waals surface area contributed by atoms with Crippen LogP contribution >= 0.6 is 23.2 Å². The van der Waals surface area contributed by atoms with Crippen LogP contribution in [0.5, 0.6) is 5.75 Å². The fourth-order valence-corrected chi connectivity index (χ4v) is 4.03. The van der Waals surface area contributed by atoms with Gasteiger partial charge in [-0.25, -0.2) is 4.98 Å². The Bertz CT molecular complexity index is 1210. The van der Waals surface area contributed by atoms with Crippen molar-refractivity contribution in [2.24, 2.45) is 0 Å². The van der Waals surface area contributed by atoms with E-state index in [0.29, 0.717) is 34.3 Å². The van der Waals surface area contributed by atoms with Crippen molar-refractivity contribution in [2.75, 3.05) is 20.0 Å². The highest BCUT2D eigenvalue weighted by Crippen LogP contribution is 2.30. The zero-order valence-electron chi connectivity index (χ0n) is 17.5. The lowest BCUT2D eigenvalue weighted by Crippen LogP contribution is -2.18. The Kier molecular flexibility index (Phi) is 7.95. The van der Waals surface area contributed by atoms with Gasteiger partial charge in [-0.15, -0.1) is 0 Å². The molecule has 1 unspecified atom stereocenters. The van der Waals surface area contributed by atoms with Crippen LogP contribution in [-0.2, 0) is 20.8 Å². The molecular formula is C22H22Cl2N2O5S. The Morgan fingerprint density at radius 2 is 1.91 bits per heavy atom. The SMILES string of the molecule is COc1ccccc1C(=O)c1nccn1CC(CCOS(C)(=O)=O)c1ccc(Cl)c(Cl)c1. The van der Waals surface area contributed by atoms with Gasteiger partial charge in [0.15, 0.2) is 5.82 Å². The molecule has 3 aromatic rings. The molecule has 1 heterocycles. The normalized spacial score (nSPS) is 12.5. The van der Waals surface area contributed by atoms with Gasteiger partial charge in [-0.2, -0.15) is 8.42 Å². The summed E-state index contributed by atoms with van der Waals surface area (Å²) in [6, 6.07) is 12.1. The number of benzene rings is 2. The maximum absolute atomic E-state index is 13.2. The van der Waals surface area contributed by atoms with Crippen LogP contribution in [0.1, 0.15) is 34.1 Å². The fourth-order valence-electron chi connectivity index (χ4n) is 3.33. The third-order valence-electron chi connectivity index (χ3n) is 4.87. The maximum Gasteiger partial charge on any atom is 0.264 e. The van der Waals surface area contributed by atoms with Gasteiger partial charge in [-0.1, -0.05) is 41.4 Å². The van der Waals surface area contributed by atoms with Crippen LogP contribution in [0.3, 0.4) is 0 Å². The molecule has 0 N–H and O–H groups in total. The number of carbonyl (C=O) groups is 1. The topological polar surface area (TPSA) is 87.5 Å². The van der Waals surface area contributed by atoms with Crippen LogP contribution in [0.2, 0.25) is 10.0 Å². The van der Waals surface area contributed by atoms with E-state index in [0.717, 1.165) is 11.8 Å². The summed E-state index contributed by atoms with van der Waals surface area (Å²) < 4.78 is 34.8. The van der Waals surface area contributed by atoms with E-state index >= 15 is 0 Å². The van der Waals surface area contributed by atoms with E-state index < -0.39 is 10.1 Å². The lowest BCUT2D eigenvalue weighted by Gasteiger charge is -2.20. The largest absolute Gasteiger partial charge is 0.496 e. The number of carbonyl (C=O) groups excluding carboxylic acids is 1. The minimum absolute atomic E-state index is 0.0196. The molecule has 0 aliphatic carbocycles. The van der Waals surface area contributed by atoms with Gasteiger partial charge in [-0.05, 0) is 36.2 Å². The highest BCUT2D eigenvalue weighted by Gasteiger charge is 2.22. The molecule has 1 aromatic heterocycles. The molecule has 0 radical (unpaired) electrons. The number of nitrogens with zero attached hydrogens (tertiary/aromatic N) is 2. The van der Waals surface area contributed by atoms with Crippen LogP contribution in [0, 0.1) is 0 Å². The molecule has 10 heteroatoms. The van der Waals surface area contributed by atoms with Crippen LogP contribution in [-0.4, -0.2) is 43.7 Å². The first-order valence-corrected chi connectivity index (χ1v) is 12.2. The summed E-state index contributed by atoms with van der Waals surface area (Å²) in [7, 11) is -2.08. The molecule has 7 nitrogen and oxygen atoms in total. The molecule has 0 amide bonds. The van der Waals surface area contributed by atoms with Gasteiger partial charge in [0.1, 0.15) is 5.75 Å². The van der Waals surface area contributed by atoms with E-state index in [-0.39, 0.29) is 24.1 Å². The van der Waals surface area contributed by atoms with Crippen molar-refractivity contribution in [3.63, 3.8) is 0 Å².